The van der Waals surface area contributed by atoms with Crippen molar-refractivity contribution in [1.82, 2.24) is 10.2 Å². The van der Waals surface area contributed by atoms with Gasteiger partial charge in [-0.1, -0.05) is 26.0 Å². The minimum atomic E-state index is -0.590. The highest BCUT2D eigenvalue weighted by atomic mass is 16.7. The van der Waals surface area contributed by atoms with Gasteiger partial charge in [0.05, 0.1) is 0 Å². The molecule has 7 heteroatoms. The second-order valence-electron chi connectivity index (χ2n) is 8.63. The summed E-state index contributed by atoms with van der Waals surface area (Å²) in [6, 6.07) is 13.1. The molecule has 1 N–H and O–H groups in total. The molecule has 2 heterocycles. The number of amides is 2. The van der Waals surface area contributed by atoms with Crippen LogP contribution in [0.1, 0.15) is 55.5 Å². The zero-order valence-electron chi connectivity index (χ0n) is 18.8. The molecule has 2 aliphatic heterocycles. The number of nitrogens with zero attached hydrogens (tertiary/aromatic N) is 1. The topological polar surface area (TPSA) is 77.1 Å². The van der Waals surface area contributed by atoms with Crippen LogP contribution >= 0.6 is 0 Å². The third kappa shape index (κ3) is 4.98. The number of likely N-dealkylation sites (tertiary alicyclic amines) is 1. The molecule has 32 heavy (non-hydrogen) atoms. The maximum absolute atomic E-state index is 12.8. The van der Waals surface area contributed by atoms with E-state index in [0.29, 0.717) is 54.7 Å². The lowest BCUT2D eigenvalue weighted by atomic mass is 10.0. The van der Waals surface area contributed by atoms with Crippen LogP contribution in [0.2, 0.25) is 0 Å². The highest BCUT2D eigenvalue weighted by molar-refractivity contribution is 5.95. The first-order chi connectivity index (χ1) is 15.4. The van der Waals surface area contributed by atoms with Crippen LogP contribution in [-0.2, 0) is 4.79 Å². The molecule has 7 nitrogen and oxygen atoms in total. The van der Waals surface area contributed by atoms with Gasteiger partial charge >= 0.3 is 0 Å². The van der Waals surface area contributed by atoms with Crippen molar-refractivity contribution in [3.63, 3.8) is 0 Å². The summed E-state index contributed by atoms with van der Waals surface area (Å²) in [5.74, 6) is 2.22. The summed E-state index contributed by atoms with van der Waals surface area (Å²) in [4.78, 5) is 27.2. The Hall–Kier alpha value is -3.22. The molecule has 1 fully saturated rings. The molecule has 2 aromatic rings. The molecule has 0 spiro atoms. The predicted octanol–water partition coefficient (Wildman–Crippen LogP) is 3.73. The van der Waals surface area contributed by atoms with Crippen molar-refractivity contribution in [2.24, 2.45) is 0 Å². The number of hydrogen-bond acceptors (Lipinski definition) is 5. The zero-order valence-corrected chi connectivity index (χ0v) is 18.8. The third-order valence-electron chi connectivity index (χ3n) is 5.98. The van der Waals surface area contributed by atoms with Crippen molar-refractivity contribution in [3.05, 3.63) is 53.6 Å². The Morgan fingerprint density at radius 3 is 2.38 bits per heavy atom. The summed E-state index contributed by atoms with van der Waals surface area (Å²) in [6.07, 6.45) is 0.823. The van der Waals surface area contributed by atoms with Gasteiger partial charge < -0.3 is 24.4 Å². The Morgan fingerprint density at radius 1 is 1.00 bits per heavy atom. The average Bonchev–Trinajstić information content (AvgIpc) is 3.27. The molecule has 0 saturated carbocycles. The monoisotopic (exact) mass is 438 g/mol. The van der Waals surface area contributed by atoms with Crippen molar-refractivity contribution in [2.75, 3.05) is 19.9 Å². The largest absolute Gasteiger partial charge is 0.481 e. The van der Waals surface area contributed by atoms with Crippen LogP contribution in [0, 0.1) is 0 Å². The molecule has 2 aliphatic rings. The molecular formula is C25H30N2O5. The van der Waals surface area contributed by atoms with Crippen LogP contribution in [0.5, 0.6) is 17.2 Å². The van der Waals surface area contributed by atoms with Gasteiger partial charge in [0.1, 0.15) is 5.75 Å². The lowest BCUT2D eigenvalue weighted by molar-refractivity contribution is -0.128. The minimum absolute atomic E-state index is 0.0256. The number of fused-ring (bicyclic) bond motifs is 1. The maximum Gasteiger partial charge on any atom is 0.260 e. The molecule has 0 aliphatic carbocycles. The van der Waals surface area contributed by atoms with Gasteiger partial charge in [-0.05, 0) is 61.6 Å². The summed E-state index contributed by atoms with van der Waals surface area (Å²) >= 11 is 0. The molecule has 2 amide bonds. The molecular weight excluding hydrogens is 408 g/mol. The van der Waals surface area contributed by atoms with Crippen LogP contribution in [-0.4, -0.2) is 48.7 Å². The number of rotatable bonds is 6. The summed E-state index contributed by atoms with van der Waals surface area (Å²) < 4.78 is 16.5. The first kappa shape index (κ1) is 22.0. The fourth-order valence-electron chi connectivity index (χ4n) is 3.95. The number of nitrogens with one attached hydrogen (secondary N) is 1. The second kappa shape index (κ2) is 9.51. The van der Waals surface area contributed by atoms with E-state index < -0.39 is 6.10 Å². The summed E-state index contributed by atoms with van der Waals surface area (Å²) in [5.41, 5.74) is 1.82. The van der Waals surface area contributed by atoms with Gasteiger partial charge in [0.2, 0.25) is 6.79 Å². The third-order valence-corrected chi connectivity index (χ3v) is 5.98. The zero-order chi connectivity index (χ0) is 22.7. The summed E-state index contributed by atoms with van der Waals surface area (Å²) in [5, 5.41) is 3.06. The highest BCUT2D eigenvalue weighted by Gasteiger charge is 2.27. The van der Waals surface area contributed by atoms with E-state index in [-0.39, 0.29) is 24.6 Å². The van der Waals surface area contributed by atoms with Crippen LogP contribution in [0.4, 0.5) is 0 Å². The van der Waals surface area contributed by atoms with Gasteiger partial charge in [-0.3, -0.25) is 9.59 Å². The number of benzene rings is 2. The Balaban J connectivity index is 1.25. The minimum Gasteiger partial charge on any atom is -0.481 e. The number of carbonyl (C=O) groups excluding carboxylic acids is 2. The van der Waals surface area contributed by atoms with Gasteiger partial charge in [-0.2, -0.15) is 0 Å². The van der Waals surface area contributed by atoms with Crippen molar-refractivity contribution < 1.29 is 23.8 Å². The summed E-state index contributed by atoms with van der Waals surface area (Å²) in [6.45, 7) is 7.39. The van der Waals surface area contributed by atoms with Crippen LogP contribution in [0.25, 0.3) is 0 Å². The quantitative estimate of drug-likeness (QED) is 0.744. The smallest absolute Gasteiger partial charge is 0.260 e. The maximum atomic E-state index is 12.8. The Morgan fingerprint density at radius 2 is 1.69 bits per heavy atom. The van der Waals surface area contributed by atoms with E-state index in [9.17, 15) is 9.59 Å². The lowest BCUT2D eigenvalue weighted by Gasteiger charge is -2.33. The molecule has 1 saturated heterocycles. The van der Waals surface area contributed by atoms with Gasteiger partial charge in [-0.15, -0.1) is 0 Å². The average molecular weight is 439 g/mol. The highest BCUT2D eigenvalue weighted by Crippen LogP contribution is 2.33. The molecule has 170 valence electrons. The van der Waals surface area contributed by atoms with E-state index in [1.165, 1.54) is 5.56 Å². The Bertz CT molecular complexity index is 965. The van der Waals surface area contributed by atoms with Gasteiger partial charge in [0, 0.05) is 24.7 Å². The number of ether oxygens (including phenoxy) is 3. The van der Waals surface area contributed by atoms with Crippen LogP contribution in [0.3, 0.4) is 0 Å². The SMILES string of the molecule is CC(Oc1ccc(C(C)C)cc1)C(=O)NC1CCN(C(=O)c2ccc3c(c2)OCO3)CC1. The van der Waals surface area contributed by atoms with E-state index in [4.69, 9.17) is 14.2 Å². The van der Waals surface area contributed by atoms with Crippen molar-refractivity contribution >= 4 is 11.8 Å². The van der Waals surface area contributed by atoms with Crippen LogP contribution < -0.4 is 19.5 Å². The standard InChI is InChI=1S/C25H30N2O5/c1-16(2)18-4-7-21(8-5-18)32-17(3)24(28)26-20-10-12-27(13-11-20)25(29)19-6-9-22-23(14-19)31-15-30-22/h4-9,14,16-17,20H,10-13,15H2,1-3H3,(H,26,28). The molecule has 0 aromatic heterocycles. The van der Waals surface area contributed by atoms with Gasteiger partial charge in [-0.25, -0.2) is 0 Å². The van der Waals surface area contributed by atoms with Crippen molar-refractivity contribution in [2.45, 2.75) is 51.7 Å². The molecule has 1 unspecified atom stereocenters. The normalized spacial score (nSPS) is 16.7. The van der Waals surface area contributed by atoms with Gasteiger partial charge in [0.15, 0.2) is 17.6 Å². The molecule has 0 bridgehead atoms. The molecule has 4 rings (SSSR count). The van der Waals surface area contributed by atoms with E-state index >= 15 is 0 Å². The van der Waals surface area contributed by atoms with E-state index in [1.54, 1.807) is 25.1 Å². The lowest BCUT2D eigenvalue weighted by Crippen LogP contribution is -2.49. The van der Waals surface area contributed by atoms with Crippen molar-refractivity contribution in [1.29, 1.82) is 0 Å². The second-order valence-corrected chi connectivity index (χ2v) is 8.63. The molecule has 0 radical (unpaired) electrons. The van der Waals surface area contributed by atoms with Gasteiger partial charge in [0.25, 0.3) is 11.8 Å². The van der Waals surface area contributed by atoms with E-state index in [1.807, 2.05) is 29.2 Å². The number of hydrogen-bond donors (Lipinski definition) is 1. The van der Waals surface area contributed by atoms with Crippen LogP contribution in [0.15, 0.2) is 42.5 Å². The first-order valence-corrected chi connectivity index (χ1v) is 11.2. The molecule has 2 aromatic carbocycles. The Labute approximate surface area is 188 Å². The fourth-order valence-corrected chi connectivity index (χ4v) is 3.95. The number of carbonyl (C=O) groups is 2. The van der Waals surface area contributed by atoms with E-state index in [0.717, 1.165) is 0 Å². The summed E-state index contributed by atoms with van der Waals surface area (Å²) in [7, 11) is 0. The Kier molecular flexibility index (Phi) is 6.53. The molecule has 1 atom stereocenters. The van der Waals surface area contributed by atoms with E-state index in [2.05, 4.69) is 19.2 Å². The number of piperidine rings is 1. The predicted molar refractivity (Wildman–Crippen MR) is 120 cm³/mol. The fraction of sp³-hybridized carbons (Fsp3) is 0.440. The van der Waals surface area contributed by atoms with Crippen molar-refractivity contribution in [3.8, 4) is 17.2 Å². The first-order valence-electron chi connectivity index (χ1n) is 11.2.